The molecule has 1 amide bonds. The van der Waals surface area contributed by atoms with Crippen molar-refractivity contribution >= 4 is 6.09 Å². The van der Waals surface area contributed by atoms with Crippen LogP contribution in [-0.4, -0.2) is 51.3 Å². The summed E-state index contributed by atoms with van der Waals surface area (Å²) in [6.07, 6.45) is -0.431. The first-order valence-corrected chi connectivity index (χ1v) is 8.67. The van der Waals surface area contributed by atoms with E-state index in [-0.39, 0.29) is 12.1 Å². The van der Waals surface area contributed by atoms with E-state index in [4.69, 9.17) is 9.47 Å². The molecule has 1 fully saturated rings. The Balaban J connectivity index is 2.13. The molecule has 6 heteroatoms. The van der Waals surface area contributed by atoms with Gasteiger partial charge in [-0.2, -0.15) is 5.06 Å². The van der Waals surface area contributed by atoms with Gasteiger partial charge in [0.1, 0.15) is 11.3 Å². The van der Waals surface area contributed by atoms with Crippen LogP contribution in [0.25, 0.3) is 0 Å². The Hall–Kier alpha value is -1.63. The molecule has 0 bridgehead atoms. The van der Waals surface area contributed by atoms with Gasteiger partial charge in [-0.1, -0.05) is 30.3 Å². The van der Waals surface area contributed by atoms with E-state index >= 15 is 0 Å². The number of benzene rings is 1. The van der Waals surface area contributed by atoms with Crippen molar-refractivity contribution in [1.29, 1.82) is 0 Å². The Labute approximate surface area is 150 Å². The molecule has 1 aromatic carbocycles. The third kappa shape index (κ3) is 4.93. The lowest BCUT2D eigenvalue weighted by molar-refractivity contribution is -0.147. The van der Waals surface area contributed by atoms with Crippen molar-refractivity contribution < 1.29 is 19.5 Å². The lowest BCUT2D eigenvalue weighted by Crippen LogP contribution is -2.55. The molecule has 0 aliphatic carbocycles. The second-order valence-electron chi connectivity index (χ2n) is 8.00. The highest BCUT2D eigenvalue weighted by atomic mass is 16.6. The van der Waals surface area contributed by atoms with Gasteiger partial charge in [0.15, 0.2) is 0 Å². The quantitative estimate of drug-likeness (QED) is 0.840. The summed E-state index contributed by atoms with van der Waals surface area (Å²) in [5, 5.41) is 11.8. The fraction of sp³-hybridized carbons (Fsp3) is 0.632. The van der Waals surface area contributed by atoms with E-state index in [0.29, 0.717) is 13.2 Å². The Bertz CT molecular complexity index is 583. The summed E-state index contributed by atoms with van der Waals surface area (Å²) in [4.78, 5) is 14.3. The SMILES string of the molecule is C[C@@H]([C@@H]1COC(C)(C)N1C(=O)OC(C)(C)C)N(O)Cc1ccccc1. The molecule has 1 aromatic rings. The average Bonchev–Trinajstić information content (AvgIpc) is 2.81. The molecule has 0 radical (unpaired) electrons. The number of ether oxygens (including phenoxy) is 2. The number of hydrogen-bond donors (Lipinski definition) is 1. The molecule has 0 unspecified atom stereocenters. The fourth-order valence-corrected chi connectivity index (χ4v) is 2.97. The molecule has 0 spiro atoms. The maximum Gasteiger partial charge on any atom is 0.412 e. The van der Waals surface area contributed by atoms with E-state index in [2.05, 4.69) is 0 Å². The lowest BCUT2D eigenvalue weighted by Gasteiger charge is -2.38. The van der Waals surface area contributed by atoms with Crippen LogP contribution in [-0.2, 0) is 16.0 Å². The molecule has 6 nitrogen and oxygen atoms in total. The zero-order chi connectivity index (χ0) is 18.8. The van der Waals surface area contributed by atoms with Crippen molar-refractivity contribution in [2.75, 3.05) is 6.61 Å². The van der Waals surface area contributed by atoms with Crippen LogP contribution in [0.15, 0.2) is 30.3 Å². The van der Waals surface area contributed by atoms with Crippen molar-refractivity contribution in [2.45, 2.75) is 71.5 Å². The first-order chi connectivity index (χ1) is 11.5. The Morgan fingerprint density at radius 3 is 2.56 bits per heavy atom. The zero-order valence-corrected chi connectivity index (χ0v) is 16.0. The largest absolute Gasteiger partial charge is 0.444 e. The minimum atomic E-state index is -0.783. The predicted molar refractivity (Wildman–Crippen MR) is 95.1 cm³/mol. The van der Waals surface area contributed by atoms with Crippen LogP contribution in [0, 0.1) is 0 Å². The molecule has 1 saturated heterocycles. The summed E-state index contributed by atoms with van der Waals surface area (Å²) in [6.45, 7) is 11.8. The third-order valence-corrected chi connectivity index (χ3v) is 4.32. The molecule has 1 aliphatic rings. The molecular formula is C19H30N2O4. The second kappa shape index (κ2) is 7.32. The molecule has 1 aliphatic heterocycles. The van der Waals surface area contributed by atoms with Gasteiger partial charge in [0.2, 0.25) is 0 Å². The number of carbonyl (C=O) groups excluding carboxylic acids is 1. The summed E-state index contributed by atoms with van der Waals surface area (Å²) >= 11 is 0. The third-order valence-electron chi connectivity index (χ3n) is 4.32. The van der Waals surface area contributed by atoms with Crippen molar-refractivity contribution in [3.05, 3.63) is 35.9 Å². The normalized spacial score (nSPS) is 21.4. The summed E-state index contributed by atoms with van der Waals surface area (Å²) in [5.41, 5.74) is -0.375. The van der Waals surface area contributed by atoms with Gasteiger partial charge in [0.05, 0.1) is 18.7 Å². The monoisotopic (exact) mass is 350 g/mol. The molecule has 140 valence electrons. The number of carbonyl (C=O) groups is 1. The predicted octanol–water partition coefficient (Wildman–Crippen LogP) is 3.64. The van der Waals surface area contributed by atoms with Gasteiger partial charge in [-0.05, 0) is 47.1 Å². The van der Waals surface area contributed by atoms with Crippen LogP contribution in [0.3, 0.4) is 0 Å². The summed E-state index contributed by atoms with van der Waals surface area (Å²) < 4.78 is 11.4. The highest BCUT2D eigenvalue weighted by Gasteiger charge is 2.48. The van der Waals surface area contributed by atoms with Crippen molar-refractivity contribution in [3.8, 4) is 0 Å². The minimum Gasteiger partial charge on any atom is -0.444 e. The van der Waals surface area contributed by atoms with Crippen molar-refractivity contribution in [1.82, 2.24) is 9.96 Å². The summed E-state index contributed by atoms with van der Waals surface area (Å²) in [6, 6.07) is 9.10. The molecule has 1 N–H and O–H groups in total. The van der Waals surface area contributed by atoms with Gasteiger partial charge in [-0.3, -0.25) is 4.90 Å². The van der Waals surface area contributed by atoms with Crippen molar-refractivity contribution in [3.63, 3.8) is 0 Å². The van der Waals surface area contributed by atoms with E-state index < -0.39 is 17.4 Å². The van der Waals surface area contributed by atoms with E-state index in [1.165, 1.54) is 5.06 Å². The number of amides is 1. The Morgan fingerprint density at radius 2 is 2.00 bits per heavy atom. The number of rotatable bonds is 4. The summed E-state index contributed by atoms with van der Waals surface area (Å²) in [5.74, 6) is 0. The van der Waals surface area contributed by atoms with E-state index in [1.807, 2.05) is 71.9 Å². The number of nitrogens with zero attached hydrogens (tertiary/aromatic N) is 2. The van der Waals surface area contributed by atoms with Gasteiger partial charge >= 0.3 is 6.09 Å². The van der Waals surface area contributed by atoms with Crippen LogP contribution in [0.1, 0.15) is 47.1 Å². The van der Waals surface area contributed by atoms with Gasteiger partial charge in [0.25, 0.3) is 0 Å². The fourth-order valence-electron chi connectivity index (χ4n) is 2.97. The first-order valence-electron chi connectivity index (χ1n) is 8.67. The van der Waals surface area contributed by atoms with E-state index in [9.17, 15) is 10.0 Å². The van der Waals surface area contributed by atoms with Crippen LogP contribution in [0.4, 0.5) is 4.79 Å². The average molecular weight is 350 g/mol. The van der Waals surface area contributed by atoms with Gasteiger partial charge in [-0.15, -0.1) is 0 Å². The van der Waals surface area contributed by atoms with Gasteiger partial charge in [-0.25, -0.2) is 4.79 Å². The molecule has 2 rings (SSSR count). The Morgan fingerprint density at radius 1 is 1.40 bits per heavy atom. The first kappa shape index (κ1) is 19.7. The second-order valence-corrected chi connectivity index (χ2v) is 8.00. The van der Waals surface area contributed by atoms with E-state index in [0.717, 1.165) is 5.56 Å². The van der Waals surface area contributed by atoms with Crippen LogP contribution in [0.2, 0.25) is 0 Å². The van der Waals surface area contributed by atoms with Crippen LogP contribution < -0.4 is 0 Å². The molecule has 0 aromatic heterocycles. The maximum absolute atomic E-state index is 12.7. The zero-order valence-electron chi connectivity index (χ0n) is 16.0. The standard InChI is InChI=1S/C19H30N2O4/c1-14(20(23)12-15-10-8-7-9-11-15)16-13-24-19(5,6)21(16)17(22)25-18(2,3)4/h7-11,14,16,23H,12-13H2,1-6H3/t14-,16-/m0/s1. The van der Waals surface area contributed by atoms with Gasteiger partial charge in [0, 0.05) is 6.54 Å². The van der Waals surface area contributed by atoms with Crippen molar-refractivity contribution in [2.24, 2.45) is 0 Å². The van der Waals surface area contributed by atoms with Gasteiger partial charge < -0.3 is 14.7 Å². The highest BCUT2D eigenvalue weighted by molar-refractivity contribution is 5.70. The molecule has 25 heavy (non-hydrogen) atoms. The Kier molecular flexibility index (Phi) is 5.76. The highest BCUT2D eigenvalue weighted by Crippen LogP contribution is 2.32. The minimum absolute atomic E-state index is 0.307. The molecule has 1 heterocycles. The number of hydroxylamine groups is 2. The molecular weight excluding hydrogens is 320 g/mol. The summed E-state index contributed by atoms with van der Waals surface area (Å²) in [7, 11) is 0. The van der Waals surface area contributed by atoms with Crippen LogP contribution in [0.5, 0.6) is 0 Å². The number of hydrogen-bond acceptors (Lipinski definition) is 5. The van der Waals surface area contributed by atoms with E-state index in [1.54, 1.807) is 4.90 Å². The molecule has 2 atom stereocenters. The topological polar surface area (TPSA) is 62.2 Å². The smallest absolute Gasteiger partial charge is 0.412 e. The lowest BCUT2D eigenvalue weighted by atomic mass is 10.1. The van der Waals surface area contributed by atoms with Crippen LogP contribution >= 0.6 is 0 Å². The maximum atomic E-state index is 12.7. The molecule has 0 saturated carbocycles.